The average Bonchev–Trinajstić information content (AvgIpc) is 3.92. The second kappa shape index (κ2) is 13.0. The number of hydrogen-bond acceptors (Lipinski definition) is 2. The summed E-state index contributed by atoms with van der Waals surface area (Å²) in [5.41, 5.74) is 12.9. The van der Waals surface area contributed by atoms with E-state index in [1.807, 2.05) is 0 Å². The average molecular weight is 715 g/mol. The maximum Gasteiger partial charge on any atom is 0.113 e. The van der Waals surface area contributed by atoms with Gasteiger partial charge >= 0.3 is 0 Å². The fraction of sp³-hybridized carbons (Fsp3) is 0.176. The van der Waals surface area contributed by atoms with Gasteiger partial charge in [0.1, 0.15) is 8.07 Å². The predicted octanol–water partition coefficient (Wildman–Crippen LogP) is 12.5. The highest BCUT2D eigenvalue weighted by molar-refractivity contribution is 7.04. The minimum absolute atomic E-state index is 0.0183. The lowest BCUT2D eigenvalue weighted by Crippen LogP contribution is -2.49. The van der Waals surface area contributed by atoms with Gasteiger partial charge in [0, 0.05) is 39.4 Å². The number of anilines is 6. The van der Waals surface area contributed by atoms with E-state index in [-0.39, 0.29) is 5.41 Å². The van der Waals surface area contributed by atoms with E-state index in [1.165, 1.54) is 92.4 Å². The summed E-state index contributed by atoms with van der Waals surface area (Å²) in [6.45, 7) is 5.01. The Labute approximate surface area is 321 Å². The molecule has 3 heteroatoms. The van der Waals surface area contributed by atoms with Crippen LogP contribution in [-0.4, -0.2) is 8.07 Å². The van der Waals surface area contributed by atoms with Crippen molar-refractivity contribution >= 4 is 52.6 Å². The molecule has 3 aliphatic rings. The van der Waals surface area contributed by atoms with Crippen molar-refractivity contribution in [2.45, 2.75) is 44.2 Å². The zero-order chi connectivity index (χ0) is 36.3. The molecule has 3 unspecified atom stereocenters. The quantitative estimate of drug-likeness (QED) is 0.145. The molecule has 1 heterocycles. The first kappa shape index (κ1) is 33.0. The lowest BCUT2D eigenvalue weighted by Gasteiger charge is -2.40. The molecule has 0 spiro atoms. The van der Waals surface area contributed by atoms with Gasteiger partial charge in [-0.25, -0.2) is 0 Å². The highest BCUT2D eigenvalue weighted by Crippen LogP contribution is 2.60. The van der Waals surface area contributed by atoms with Gasteiger partial charge in [-0.05, 0) is 125 Å². The molecule has 2 fully saturated rings. The van der Waals surface area contributed by atoms with Crippen LogP contribution in [0.15, 0.2) is 182 Å². The molecule has 10 rings (SSSR count). The zero-order valence-corrected chi connectivity index (χ0v) is 32.2. The van der Waals surface area contributed by atoms with E-state index in [0.717, 1.165) is 5.92 Å². The predicted molar refractivity (Wildman–Crippen MR) is 231 cm³/mol. The van der Waals surface area contributed by atoms with Crippen molar-refractivity contribution in [1.82, 2.24) is 0 Å². The third-order valence-electron chi connectivity index (χ3n) is 13.0. The highest BCUT2D eigenvalue weighted by atomic mass is 28.3. The minimum Gasteiger partial charge on any atom is -0.311 e. The van der Waals surface area contributed by atoms with Crippen LogP contribution in [0.3, 0.4) is 0 Å². The Morgan fingerprint density at radius 3 is 1.48 bits per heavy atom. The molecule has 3 atom stereocenters. The molecule has 2 nitrogen and oxygen atoms in total. The molecule has 264 valence electrons. The maximum absolute atomic E-state index is 2.51. The number of hydrogen-bond donors (Lipinski definition) is 0. The van der Waals surface area contributed by atoms with Crippen LogP contribution in [0.5, 0.6) is 0 Å². The van der Waals surface area contributed by atoms with Gasteiger partial charge in [-0.15, -0.1) is 0 Å². The summed E-state index contributed by atoms with van der Waals surface area (Å²) in [5.74, 6) is 1.45. The van der Waals surface area contributed by atoms with Gasteiger partial charge in [0.15, 0.2) is 0 Å². The van der Waals surface area contributed by atoms with Crippen LogP contribution in [0.4, 0.5) is 34.1 Å². The first-order chi connectivity index (χ1) is 26.5. The van der Waals surface area contributed by atoms with Crippen molar-refractivity contribution < 1.29 is 0 Å². The van der Waals surface area contributed by atoms with E-state index in [4.69, 9.17) is 0 Å². The summed E-state index contributed by atoms with van der Waals surface area (Å²) in [4.78, 5) is 4.87. The van der Waals surface area contributed by atoms with Crippen molar-refractivity contribution in [3.63, 3.8) is 0 Å². The van der Waals surface area contributed by atoms with Crippen LogP contribution in [0.25, 0.3) is 11.1 Å². The fourth-order valence-corrected chi connectivity index (χ4v) is 13.6. The van der Waals surface area contributed by atoms with Crippen molar-refractivity contribution in [3.8, 4) is 11.1 Å². The molecule has 2 saturated carbocycles. The number of nitrogens with zero attached hydrogens (tertiary/aromatic N) is 2. The van der Waals surface area contributed by atoms with Crippen molar-refractivity contribution in [2.24, 2.45) is 11.8 Å². The van der Waals surface area contributed by atoms with Gasteiger partial charge in [-0.2, -0.15) is 0 Å². The van der Waals surface area contributed by atoms with E-state index in [0.29, 0.717) is 5.92 Å². The molecule has 0 aromatic heterocycles. The van der Waals surface area contributed by atoms with E-state index >= 15 is 0 Å². The summed E-state index contributed by atoms with van der Waals surface area (Å²) in [7, 11) is -1.82. The first-order valence-electron chi connectivity index (χ1n) is 19.7. The van der Waals surface area contributed by atoms with Crippen LogP contribution in [0.2, 0.25) is 13.1 Å². The lowest BCUT2D eigenvalue weighted by atomic mass is 9.64. The van der Waals surface area contributed by atoms with E-state index in [1.54, 1.807) is 0 Å². The zero-order valence-electron chi connectivity index (χ0n) is 31.2. The third kappa shape index (κ3) is 5.21. The van der Waals surface area contributed by atoms with Crippen LogP contribution >= 0.6 is 0 Å². The minimum atomic E-state index is -1.82. The van der Waals surface area contributed by atoms with Gasteiger partial charge in [-0.3, -0.25) is 0 Å². The molecule has 0 amide bonds. The van der Waals surface area contributed by atoms with E-state index in [9.17, 15) is 0 Å². The molecule has 7 aromatic carbocycles. The smallest absolute Gasteiger partial charge is 0.113 e. The number of benzene rings is 7. The van der Waals surface area contributed by atoms with Gasteiger partial charge < -0.3 is 9.80 Å². The molecule has 0 radical (unpaired) electrons. The molecule has 0 saturated heterocycles. The lowest BCUT2D eigenvalue weighted by molar-refractivity contribution is 0.320. The summed E-state index contributed by atoms with van der Waals surface area (Å²) in [6, 6.07) is 67.9. The molecular weight excluding hydrogens is 669 g/mol. The monoisotopic (exact) mass is 714 g/mol. The normalized spacial score (nSPS) is 20.3. The number of para-hydroxylation sites is 3. The molecule has 1 aliphatic heterocycles. The molecule has 54 heavy (non-hydrogen) atoms. The summed E-state index contributed by atoms with van der Waals surface area (Å²) in [6.07, 6.45) is 5.22. The third-order valence-corrected chi connectivity index (χ3v) is 16.5. The Balaban J connectivity index is 1.06. The molecular formula is C51H46N2Si. The topological polar surface area (TPSA) is 6.48 Å². The summed E-state index contributed by atoms with van der Waals surface area (Å²) >= 11 is 0. The first-order valence-corrected chi connectivity index (χ1v) is 22.7. The largest absolute Gasteiger partial charge is 0.311 e. The van der Waals surface area contributed by atoms with Crippen molar-refractivity contribution in [1.29, 1.82) is 0 Å². The fourth-order valence-electron chi connectivity index (χ4n) is 10.5. The Morgan fingerprint density at radius 1 is 0.463 bits per heavy atom. The van der Waals surface area contributed by atoms with Crippen LogP contribution in [0, 0.1) is 11.8 Å². The van der Waals surface area contributed by atoms with E-state index in [2.05, 4.69) is 205 Å². The number of rotatable bonds is 8. The Hall–Kier alpha value is -5.64. The van der Waals surface area contributed by atoms with Crippen LogP contribution in [0.1, 0.15) is 36.8 Å². The highest BCUT2D eigenvalue weighted by Gasteiger charge is 2.52. The Morgan fingerprint density at radius 2 is 0.944 bits per heavy atom. The van der Waals surface area contributed by atoms with Gasteiger partial charge in [0.25, 0.3) is 0 Å². The summed E-state index contributed by atoms with van der Waals surface area (Å²) in [5, 5.41) is 3.07. The molecule has 2 bridgehead atoms. The maximum atomic E-state index is 2.51. The molecule has 7 aromatic rings. The van der Waals surface area contributed by atoms with Gasteiger partial charge in [-0.1, -0.05) is 135 Å². The van der Waals surface area contributed by atoms with Crippen LogP contribution < -0.4 is 20.2 Å². The molecule has 0 N–H and O–H groups in total. The Kier molecular flexibility index (Phi) is 7.96. The van der Waals surface area contributed by atoms with Gasteiger partial charge in [0.05, 0.1) is 5.69 Å². The van der Waals surface area contributed by atoms with Crippen LogP contribution in [-0.2, 0) is 5.41 Å². The van der Waals surface area contributed by atoms with Gasteiger partial charge in [0.2, 0.25) is 0 Å². The van der Waals surface area contributed by atoms with E-state index < -0.39 is 8.07 Å². The Bertz CT molecular complexity index is 2380. The second-order valence-corrected chi connectivity index (χ2v) is 20.5. The van der Waals surface area contributed by atoms with Crippen molar-refractivity contribution in [3.05, 3.63) is 193 Å². The second-order valence-electron chi connectivity index (χ2n) is 16.2. The van der Waals surface area contributed by atoms with Crippen molar-refractivity contribution in [2.75, 3.05) is 9.80 Å². The number of fused-ring (bicyclic) bond motifs is 5. The standard InChI is InChI=1S/C51H46N2Si/c1-54(2)48-23-13-12-21-46(48)50-47(22-14-24-49(50)54)53(43-19-10-5-11-20-43)45-33-29-39(30-34-45)51(36-37-25-26-40(51)35-37)38-27-31-44(32-28-38)52(41-15-6-3-7-16-41)42-17-8-4-9-18-42/h3-24,27-34,37,40H,25-26,35-36H2,1-2H3. The molecule has 2 aliphatic carbocycles. The SMILES string of the molecule is C[Si]1(C)c2ccccc2-c2c(N(c3ccccc3)c3ccc(C4(c5ccc(N(c6ccccc6)c6ccccc6)cc5)CC5CCC4C5)cc3)cccc21. The summed E-state index contributed by atoms with van der Waals surface area (Å²) < 4.78 is 0.